The smallest absolute Gasteiger partial charge is 0.317 e. The van der Waals surface area contributed by atoms with Crippen molar-refractivity contribution in [2.75, 3.05) is 31.1 Å². The minimum atomic E-state index is -0.0799. The van der Waals surface area contributed by atoms with Crippen molar-refractivity contribution in [1.29, 1.82) is 0 Å². The van der Waals surface area contributed by atoms with Gasteiger partial charge in [0.2, 0.25) is 0 Å². The number of nitrogens with one attached hydrogen (secondary N) is 1. The molecule has 4 nitrogen and oxygen atoms in total. The summed E-state index contributed by atoms with van der Waals surface area (Å²) in [6, 6.07) is 12.9. The van der Waals surface area contributed by atoms with Gasteiger partial charge in [0.25, 0.3) is 0 Å². The van der Waals surface area contributed by atoms with Gasteiger partial charge in [-0.15, -0.1) is 0 Å². The molecule has 1 aliphatic rings. The van der Waals surface area contributed by atoms with Crippen LogP contribution in [0.4, 0.5) is 10.5 Å². The van der Waals surface area contributed by atoms with E-state index in [1.807, 2.05) is 36.4 Å². The summed E-state index contributed by atoms with van der Waals surface area (Å²) < 4.78 is 0. The SMILES string of the molecule is O=C(NCc1ccccc1Cl)N1CCN(c2cc(Cl)cc(Cl)c2)CC1. The number of nitrogens with zero attached hydrogens (tertiary/aromatic N) is 2. The normalized spacial score (nSPS) is 14.5. The minimum Gasteiger partial charge on any atom is -0.368 e. The molecule has 2 aromatic rings. The molecule has 0 atom stereocenters. The Morgan fingerprint density at radius 2 is 1.60 bits per heavy atom. The summed E-state index contributed by atoms with van der Waals surface area (Å²) in [4.78, 5) is 16.3. The average Bonchev–Trinajstić information content (AvgIpc) is 2.60. The Morgan fingerprint density at radius 3 is 2.24 bits per heavy atom. The van der Waals surface area contributed by atoms with E-state index in [2.05, 4.69) is 10.2 Å². The van der Waals surface area contributed by atoms with Crippen LogP contribution in [0.2, 0.25) is 15.1 Å². The first kappa shape index (κ1) is 18.2. The number of urea groups is 1. The van der Waals surface area contributed by atoms with Crippen molar-refractivity contribution in [2.45, 2.75) is 6.54 Å². The summed E-state index contributed by atoms with van der Waals surface area (Å²) >= 11 is 18.2. The number of halogens is 3. The lowest BCUT2D eigenvalue weighted by Crippen LogP contribution is -2.51. The van der Waals surface area contributed by atoms with Gasteiger partial charge in [0.15, 0.2) is 0 Å². The van der Waals surface area contributed by atoms with Gasteiger partial charge in [-0.05, 0) is 29.8 Å². The van der Waals surface area contributed by atoms with Crippen LogP contribution in [0.3, 0.4) is 0 Å². The molecule has 132 valence electrons. The highest BCUT2D eigenvalue weighted by Gasteiger charge is 2.21. The zero-order valence-corrected chi connectivity index (χ0v) is 15.8. The summed E-state index contributed by atoms with van der Waals surface area (Å²) in [5, 5.41) is 4.81. The first-order chi connectivity index (χ1) is 12.0. The second kappa shape index (κ2) is 8.17. The third kappa shape index (κ3) is 4.72. The summed E-state index contributed by atoms with van der Waals surface area (Å²) in [5.41, 5.74) is 1.89. The molecule has 7 heteroatoms. The van der Waals surface area contributed by atoms with Gasteiger partial charge in [0, 0.05) is 53.5 Å². The molecule has 2 aromatic carbocycles. The van der Waals surface area contributed by atoms with E-state index in [4.69, 9.17) is 34.8 Å². The van der Waals surface area contributed by atoms with Gasteiger partial charge in [-0.25, -0.2) is 4.79 Å². The van der Waals surface area contributed by atoms with Crippen LogP contribution in [0.5, 0.6) is 0 Å². The van der Waals surface area contributed by atoms with Crippen LogP contribution in [-0.4, -0.2) is 37.1 Å². The molecule has 3 rings (SSSR count). The number of carbonyl (C=O) groups excluding carboxylic acids is 1. The highest BCUT2D eigenvalue weighted by molar-refractivity contribution is 6.35. The largest absolute Gasteiger partial charge is 0.368 e. The van der Waals surface area contributed by atoms with Crippen LogP contribution in [0.25, 0.3) is 0 Å². The number of hydrogen-bond acceptors (Lipinski definition) is 2. The molecule has 25 heavy (non-hydrogen) atoms. The fourth-order valence-corrected chi connectivity index (χ4v) is 3.53. The van der Waals surface area contributed by atoms with Crippen molar-refractivity contribution >= 4 is 46.5 Å². The quantitative estimate of drug-likeness (QED) is 0.815. The van der Waals surface area contributed by atoms with Crippen molar-refractivity contribution in [3.05, 3.63) is 63.1 Å². The Balaban J connectivity index is 1.53. The molecular formula is C18H18Cl3N3O. The monoisotopic (exact) mass is 397 g/mol. The van der Waals surface area contributed by atoms with Crippen molar-refractivity contribution in [3.8, 4) is 0 Å². The van der Waals surface area contributed by atoms with E-state index in [9.17, 15) is 4.79 Å². The lowest BCUT2D eigenvalue weighted by molar-refractivity contribution is 0.194. The lowest BCUT2D eigenvalue weighted by atomic mass is 10.2. The Labute approximate surface area is 162 Å². The third-order valence-electron chi connectivity index (χ3n) is 4.17. The Morgan fingerprint density at radius 1 is 0.960 bits per heavy atom. The highest BCUT2D eigenvalue weighted by atomic mass is 35.5. The van der Waals surface area contributed by atoms with Crippen molar-refractivity contribution in [2.24, 2.45) is 0 Å². The topological polar surface area (TPSA) is 35.6 Å². The fraction of sp³-hybridized carbons (Fsp3) is 0.278. The Hall–Kier alpha value is -1.62. The molecule has 0 spiro atoms. The molecule has 0 saturated carbocycles. The maximum absolute atomic E-state index is 12.3. The second-order valence-electron chi connectivity index (χ2n) is 5.85. The molecule has 0 aromatic heterocycles. The molecule has 0 unspecified atom stereocenters. The summed E-state index contributed by atoms with van der Waals surface area (Å²) in [6.45, 7) is 3.16. The van der Waals surface area contributed by atoms with Gasteiger partial charge in [-0.2, -0.15) is 0 Å². The number of rotatable bonds is 3. The molecular weight excluding hydrogens is 381 g/mol. The maximum Gasteiger partial charge on any atom is 0.317 e. The molecule has 1 aliphatic heterocycles. The maximum atomic E-state index is 12.3. The molecule has 1 N–H and O–H groups in total. The lowest BCUT2D eigenvalue weighted by Gasteiger charge is -2.36. The van der Waals surface area contributed by atoms with Crippen molar-refractivity contribution in [3.63, 3.8) is 0 Å². The van der Waals surface area contributed by atoms with E-state index in [0.29, 0.717) is 34.7 Å². The predicted octanol–water partition coefficient (Wildman–Crippen LogP) is 4.68. The van der Waals surface area contributed by atoms with Crippen LogP contribution in [0.15, 0.2) is 42.5 Å². The molecule has 1 saturated heterocycles. The zero-order valence-electron chi connectivity index (χ0n) is 13.5. The average molecular weight is 399 g/mol. The molecule has 1 heterocycles. The van der Waals surface area contributed by atoms with E-state index in [1.165, 1.54) is 0 Å². The molecule has 1 fully saturated rings. The van der Waals surface area contributed by atoms with Gasteiger partial charge in [-0.1, -0.05) is 53.0 Å². The molecule has 0 aliphatic carbocycles. The Kier molecular flexibility index (Phi) is 5.94. The number of amides is 2. The fourth-order valence-electron chi connectivity index (χ4n) is 2.81. The standard InChI is InChI=1S/C18H18Cl3N3O/c19-14-9-15(20)11-16(10-14)23-5-7-24(8-6-23)18(25)22-12-13-3-1-2-4-17(13)21/h1-4,9-11H,5-8,12H2,(H,22,25). The number of hydrogen-bond donors (Lipinski definition) is 1. The van der Waals surface area contributed by atoms with Crippen LogP contribution in [0, 0.1) is 0 Å². The third-order valence-corrected chi connectivity index (χ3v) is 4.97. The first-order valence-corrected chi connectivity index (χ1v) is 9.13. The zero-order chi connectivity index (χ0) is 17.8. The van der Waals surface area contributed by atoms with Gasteiger partial charge in [0.1, 0.15) is 0 Å². The van der Waals surface area contributed by atoms with E-state index >= 15 is 0 Å². The summed E-state index contributed by atoms with van der Waals surface area (Å²) in [7, 11) is 0. The molecule has 0 bridgehead atoms. The second-order valence-corrected chi connectivity index (χ2v) is 7.13. The van der Waals surface area contributed by atoms with Gasteiger partial charge in [0.05, 0.1) is 0 Å². The number of benzene rings is 2. The molecule has 0 radical (unpaired) electrons. The predicted molar refractivity (Wildman–Crippen MR) is 104 cm³/mol. The minimum absolute atomic E-state index is 0.0799. The number of piperazine rings is 1. The van der Waals surface area contributed by atoms with Gasteiger partial charge >= 0.3 is 6.03 Å². The van der Waals surface area contributed by atoms with Crippen LogP contribution < -0.4 is 10.2 Å². The van der Waals surface area contributed by atoms with Gasteiger partial charge < -0.3 is 15.1 Å². The van der Waals surface area contributed by atoms with E-state index in [1.54, 1.807) is 11.0 Å². The van der Waals surface area contributed by atoms with Crippen molar-refractivity contribution in [1.82, 2.24) is 10.2 Å². The van der Waals surface area contributed by atoms with Crippen LogP contribution in [-0.2, 0) is 6.54 Å². The van der Waals surface area contributed by atoms with E-state index in [-0.39, 0.29) is 6.03 Å². The number of anilines is 1. The number of carbonyl (C=O) groups is 1. The molecule has 2 amide bonds. The van der Waals surface area contributed by atoms with E-state index in [0.717, 1.165) is 24.3 Å². The summed E-state index contributed by atoms with van der Waals surface area (Å²) in [5.74, 6) is 0. The first-order valence-electron chi connectivity index (χ1n) is 8.00. The van der Waals surface area contributed by atoms with Gasteiger partial charge in [-0.3, -0.25) is 0 Å². The Bertz CT molecular complexity index is 741. The summed E-state index contributed by atoms with van der Waals surface area (Å²) in [6.07, 6.45) is 0. The van der Waals surface area contributed by atoms with Crippen LogP contribution >= 0.6 is 34.8 Å². The van der Waals surface area contributed by atoms with Crippen molar-refractivity contribution < 1.29 is 4.79 Å². The highest BCUT2D eigenvalue weighted by Crippen LogP contribution is 2.26. The van der Waals surface area contributed by atoms with E-state index < -0.39 is 0 Å². The van der Waals surface area contributed by atoms with Crippen LogP contribution in [0.1, 0.15) is 5.56 Å².